The molecule has 0 spiro atoms. The van der Waals surface area contributed by atoms with Crippen molar-refractivity contribution in [1.29, 1.82) is 0 Å². The zero-order valence-electron chi connectivity index (χ0n) is 14.6. The average Bonchev–Trinajstić information content (AvgIpc) is 3.10. The van der Waals surface area contributed by atoms with Crippen LogP contribution in [0.1, 0.15) is 43.2 Å². The Morgan fingerprint density at radius 1 is 1.28 bits per heavy atom. The first kappa shape index (κ1) is 18.0. The van der Waals surface area contributed by atoms with Crippen LogP contribution in [0.5, 0.6) is 0 Å². The number of hydrogen-bond donors (Lipinski definition) is 1. The lowest BCUT2D eigenvalue weighted by molar-refractivity contribution is 0.0922. The first-order valence-corrected chi connectivity index (χ1v) is 9.40. The van der Waals surface area contributed by atoms with E-state index in [0.29, 0.717) is 29.1 Å². The van der Waals surface area contributed by atoms with Crippen LogP contribution in [0.4, 0.5) is 0 Å². The maximum absolute atomic E-state index is 12.2. The van der Waals surface area contributed by atoms with Crippen LogP contribution in [-0.2, 0) is 0 Å². The highest BCUT2D eigenvalue weighted by Crippen LogP contribution is 2.29. The number of hydrogen-bond acceptors (Lipinski definition) is 3. The maximum Gasteiger partial charge on any atom is 0.287 e. The number of likely N-dealkylation sites (tertiary alicyclic amines) is 1. The van der Waals surface area contributed by atoms with Crippen molar-refractivity contribution < 1.29 is 9.21 Å². The summed E-state index contributed by atoms with van der Waals surface area (Å²) >= 11 is 6.17. The molecule has 1 saturated heterocycles. The number of nitrogens with one attached hydrogen (secondary N) is 1. The summed E-state index contributed by atoms with van der Waals surface area (Å²) < 4.78 is 5.67. The van der Waals surface area contributed by atoms with E-state index in [1.807, 2.05) is 18.2 Å². The van der Waals surface area contributed by atoms with Gasteiger partial charge >= 0.3 is 0 Å². The van der Waals surface area contributed by atoms with Crippen LogP contribution in [0.15, 0.2) is 40.8 Å². The minimum Gasteiger partial charge on any atom is -0.451 e. The molecule has 1 aromatic heterocycles. The van der Waals surface area contributed by atoms with Gasteiger partial charge in [-0.05, 0) is 57.0 Å². The van der Waals surface area contributed by atoms with Crippen molar-refractivity contribution in [2.75, 3.05) is 19.6 Å². The lowest BCUT2D eigenvalue weighted by atomic mass is 10.0. The van der Waals surface area contributed by atoms with E-state index in [1.165, 1.54) is 25.8 Å². The van der Waals surface area contributed by atoms with E-state index < -0.39 is 0 Å². The number of nitrogens with zero attached hydrogens (tertiary/aromatic N) is 1. The minimum absolute atomic E-state index is 0.176. The van der Waals surface area contributed by atoms with Crippen molar-refractivity contribution in [2.45, 2.75) is 38.6 Å². The van der Waals surface area contributed by atoms with Gasteiger partial charge in [0.05, 0.1) is 5.02 Å². The molecule has 25 heavy (non-hydrogen) atoms. The van der Waals surface area contributed by atoms with Gasteiger partial charge in [-0.2, -0.15) is 0 Å². The molecule has 1 aliphatic rings. The zero-order chi connectivity index (χ0) is 17.6. The molecule has 0 aliphatic carbocycles. The van der Waals surface area contributed by atoms with Crippen LogP contribution >= 0.6 is 11.6 Å². The third kappa shape index (κ3) is 4.65. The minimum atomic E-state index is -0.176. The molecule has 5 heteroatoms. The fourth-order valence-corrected chi connectivity index (χ4v) is 3.56. The first-order valence-electron chi connectivity index (χ1n) is 9.02. The average molecular weight is 361 g/mol. The van der Waals surface area contributed by atoms with Gasteiger partial charge in [0.15, 0.2) is 5.76 Å². The number of furan rings is 1. The lowest BCUT2D eigenvalue weighted by Gasteiger charge is -2.33. The predicted molar refractivity (Wildman–Crippen MR) is 101 cm³/mol. The van der Waals surface area contributed by atoms with Crippen LogP contribution in [0.2, 0.25) is 5.02 Å². The molecular weight excluding hydrogens is 336 g/mol. The summed E-state index contributed by atoms with van der Waals surface area (Å²) in [7, 11) is 0. The molecule has 3 rings (SSSR count). The smallest absolute Gasteiger partial charge is 0.287 e. The van der Waals surface area contributed by atoms with E-state index in [2.05, 4.69) is 17.1 Å². The molecule has 1 aliphatic heterocycles. The van der Waals surface area contributed by atoms with Crippen LogP contribution in [0, 0.1) is 0 Å². The van der Waals surface area contributed by atoms with Crippen molar-refractivity contribution in [3.63, 3.8) is 0 Å². The van der Waals surface area contributed by atoms with Gasteiger partial charge in [0.1, 0.15) is 5.76 Å². The summed E-state index contributed by atoms with van der Waals surface area (Å²) in [6.45, 7) is 5.15. The zero-order valence-corrected chi connectivity index (χ0v) is 15.4. The fraction of sp³-hybridized carbons (Fsp3) is 0.450. The molecule has 4 nitrogen and oxygen atoms in total. The van der Waals surface area contributed by atoms with Gasteiger partial charge < -0.3 is 14.6 Å². The van der Waals surface area contributed by atoms with Gasteiger partial charge in [0.2, 0.25) is 0 Å². The Morgan fingerprint density at radius 3 is 2.92 bits per heavy atom. The standard InChI is InChI=1S/C20H25ClN2O2/c1-15-7-4-5-13-23(15)14-6-12-22-20(24)19-11-10-18(25-19)16-8-2-3-9-17(16)21/h2-3,8-11,15H,4-7,12-14H2,1H3,(H,22,24)/t15-/m0/s1. The number of carbonyl (C=O) groups excluding carboxylic acids is 1. The molecule has 0 saturated carbocycles. The summed E-state index contributed by atoms with van der Waals surface area (Å²) in [6, 6.07) is 11.6. The summed E-state index contributed by atoms with van der Waals surface area (Å²) in [4.78, 5) is 14.8. The van der Waals surface area contributed by atoms with Gasteiger partial charge in [-0.15, -0.1) is 0 Å². The van der Waals surface area contributed by atoms with E-state index in [4.69, 9.17) is 16.0 Å². The van der Waals surface area contributed by atoms with Crippen molar-refractivity contribution in [2.24, 2.45) is 0 Å². The molecule has 2 heterocycles. The van der Waals surface area contributed by atoms with Crippen LogP contribution < -0.4 is 5.32 Å². The molecule has 1 atom stereocenters. The number of carbonyl (C=O) groups is 1. The maximum atomic E-state index is 12.2. The number of amides is 1. The molecule has 1 amide bonds. The third-order valence-electron chi connectivity index (χ3n) is 4.82. The van der Waals surface area contributed by atoms with Gasteiger partial charge in [-0.3, -0.25) is 4.79 Å². The molecule has 0 radical (unpaired) electrons. The molecule has 0 unspecified atom stereocenters. The molecule has 1 N–H and O–H groups in total. The summed E-state index contributed by atoms with van der Waals surface area (Å²) in [5, 5.41) is 3.55. The number of rotatable bonds is 6. The topological polar surface area (TPSA) is 45.5 Å². The monoisotopic (exact) mass is 360 g/mol. The highest BCUT2D eigenvalue weighted by atomic mass is 35.5. The Labute approximate surface area is 154 Å². The highest BCUT2D eigenvalue weighted by Gasteiger charge is 2.18. The number of piperidine rings is 1. The van der Waals surface area contributed by atoms with E-state index in [0.717, 1.165) is 18.5 Å². The predicted octanol–water partition coefficient (Wildman–Crippen LogP) is 4.59. The molecule has 0 bridgehead atoms. The third-order valence-corrected chi connectivity index (χ3v) is 5.15. The van der Waals surface area contributed by atoms with Gasteiger partial charge in [-0.25, -0.2) is 0 Å². The van der Waals surface area contributed by atoms with Gasteiger partial charge in [0.25, 0.3) is 5.91 Å². The van der Waals surface area contributed by atoms with Crippen LogP contribution in [0.25, 0.3) is 11.3 Å². The molecule has 134 valence electrons. The first-order chi connectivity index (χ1) is 12.1. The molecule has 1 aromatic carbocycles. The Bertz CT molecular complexity index is 713. The Kier molecular flexibility index (Phi) is 6.16. The van der Waals surface area contributed by atoms with E-state index in [-0.39, 0.29) is 5.91 Å². The quantitative estimate of drug-likeness (QED) is 0.766. The summed E-state index contributed by atoms with van der Waals surface area (Å²) in [5.74, 6) is 0.754. The van der Waals surface area contributed by atoms with Gasteiger partial charge in [-0.1, -0.05) is 30.2 Å². The van der Waals surface area contributed by atoms with Crippen molar-refractivity contribution >= 4 is 17.5 Å². The second-order valence-corrected chi connectivity index (χ2v) is 7.04. The van der Waals surface area contributed by atoms with Crippen LogP contribution in [-0.4, -0.2) is 36.5 Å². The van der Waals surface area contributed by atoms with E-state index in [1.54, 1.807) is 18.2 Å². The highest BCUT2D eigenvalue weighted by molar-refractivity contribution is 6.33. The Morgan fingerprint density at radius 2 is 2.12 bits per heavy atom. The second kappa shape index (κ2) is 8.54. The molecule has 1 fully saturated rings. The molecule has 2 aromatic rings. The molecular formula is C20H25ClN2O2. The summed E-state index contributed by atoms with van der Waals surface area (Å²) in [6.07, 6.45) is 4.85. The lowest BCUT2D eigenvalue weighted by Crippen LogP contribution is -2.39. The fourth-order valence-electron chi connectivity index (χ4n) is 3.33. The number of benzene rings is 1. The SMILES string of the molecule is C[C@H]1CCCCN1CCCNC(=O)c1ccc(-c2ccccc2Cl)o1. The largest absolute Gasteiger partial charge is 0.451 e. The summed E-state index contributed by atoms with van der Waals surface area (Å²) in [5.41, 5.74) is 0.794. The second-order valence-electron chi connectivity index (χ2n) is 6.63. The van der Waals surface area contributed by atoms with Crippen LogP contribution in [0.3, 0.4) is 0 Å². The normalized spacial score (nSPS) is 18.2. The Balaban J connectivity index is 1.48. The number of halogens is 1. The van der Waals surface area contributed by atoms with Crippen molar-refractivity contribution in [1.82, 2.24) is 10.2 Å². The van der Waals surface area contributed by atoms with E-state index >= 15 is 0 Å². The Hall–Kier alpha value is -1.78. The van der Waals surface area contributed by atoms with Crippen molar-refractivity contribution in [3.05, 3.63) is 47.2 Å². The van der Waals surface area contributed by atoms with Crippen molar-refractivity contribution in [3.8, 4) is 11.3 Å². The van der Waals surface area contributed by atoms with E-state index in [9.17, 15) is 4.79 Å². The van der Waals surface area contributed by atoms with Gasteiger partial charge in [0, 0.05) is 24.7 Å².